The average molecular weight is 395 g/mol. The molecule has 1 aromatic carbocycles. The summed E-state index contributed by atoms with van der Waals surface area (Å²) in [5, 5.41) is 2.34. The van der Waals surface area contributed by atoms with Crippen molar-refractivity contribution in [3.63, 3.8) is 0 Å². The molecule has 1 aliphatic rings. The van der Waals surface area contributed by atoms with Gasteiger partial charge in [0.25, 0.3) is 0 Å². The van der Waals surface area contributed by atoms with Crippen molar-refractivity contribution < 1.29 is 14.0 Å². The van der Waals surface area contributed by atoms with Gasteiger partial charge >= 0.3 is 0 Å². The van der Waals surface area contributed by atoms with Gasteiger partial charge in [-0.2, -0.15) is 0 Å². The van der Waals surface area contributed by atoms with Gasteiger partial charge in [-0.15, -0.1) is 11.3 Å². The van der Waals surface area contributed by atoms with E-state index >= 15 is 0 Å². The Morgan fingerprint density at radius 3 is 2.88 bits per heavy atom. The summed E-state index contributed by atoms with van der Waals surface area (Å²) in [5.74, 6) is -0.661. The molecule has 0 bridgehead atoms. The van der Waals surface area contributed by atoms with Gasteiger partial charge in [0.05, 0.1) is 0 Å². The Morgan fingerprint density at radius 1 is 1.31 bits per heavy atom. The molecule has 0 fully saturated rings. The molecule has 138 valence electrons. The Kier molecular flexibility index (Phi) is 5.94. The maximum atomic E-state index is 13.8. The fraction of sp³-hybridized carbons (Fsp3) is 0.368. The number of rotatable bonds is 5. The van der Waals surface area contributed by atoms with Crippen LogP contribution < -0.4 is 0 Å². The third kappa shape index (κ3) is 4.24. The molecule has 0 unspecified atom stereocenters. The second kappa shape index (κ2) is 8.18. The molecule has 0 aliphatic carbocycles. The predicted octanol–water partition coefficient (Wildman–Crippen LogP) is 3.86. The molecule has 0 radical (unpaired) electrons. The Morgan fingerprint density at radius 2 is 2.12 bits per heavy atom. The van der Waals surface area contributed by atoms with Crippen LogP contribution >= 0.6 is 22.9 Å². The summed E-state index contributed by atoms with van der Waals surface area (Å²) in [6.07, 6.45) is 1.14. The minimum absolute atomic E-state index is 0.0208. The standard InChI is InChI=1S/C19H20ClFN2O2S/c1-22(12-14-15(20)3-2-4-16(14)21)18(24)5-6-19(25)23-9-7-17-13(11-23)8-10-26-17/h2-4,8,10H,5-7,9,11-12H2,1H3. The molecule has 0 N–H and O–H groups in total. The lowest BCUT2D eigenvalue weighted by atomic mass is 10.1. The smallest absolute Gasteiger partial charge is 0.223 e. The van der Waals surface area contributed by atoms with Crippen LogP contribution in [0.2, 0.25) is 5.02 Å². The van der Waals surface area contributed by atoms with Gasteiger partial charge in [0.15, 0.2) is 0 Å². The van der Waals surface area contributed by atoms with Crippen LogP contribution in [-0.4, -0.2) is 35.2 Å². The summed E-state index contributed by atoms with van der Waals surface area (Å²) in [6.45, 7) is 1.40. The second-order valence-electron chi connectivity index (χ2n) is 6.38. The molecular formula is C19H20ClFN2O2S. The number of hydrogen-bond donors (Lipinski definition) is 0. The summed E-state index contributed by atoms with van der Waals surface area (Å²) in [5.41, 5.74) is 1.49. The zero-order chi connectivity index (χ0) is 18.7. The SMILES string of the molecule is CN(Cc1c(F)cccc1Cl)C(=O)CCC(=O)N1CCc2sccc2C1. The maximum Gasteiger partial charge on any atom is 0.223 e. The largest absolute Gasteiger partial charge is 0.341 e. The van der Waals surface area contributed by atoms with E-state index in [1.807, 2.05) is 5.38 Å². The molecule has 3 rings (SSSR count). The summed E-state index contributed by atoms with van der Waals surface area (Å²) in [7, 11) is 1.59. The topological polar surface area (TPSA) is 40.6 Å². The van der Waals surface area contributed by atoms with Crippen LogP contribution in [0.3, 0.4) is 0 Å². The van der Waals surface area contributed by atoms with Gasteiger partial charge in [0.2, 0.25) is 11.8 Å². The van der Waals surface area contributed by atoms with Gasteiger partial charge in [-0.1, -0.05) is 17.7 Å². The van der Waals surface area contributed by atoms with Gasteiger partial charge in [-0.3, -0.25) is 9.59 Å². The quantitative estimate of drug-likeness (QED) is 0.772. The summed E-state index contributed by atoms with van der Waals surface area (Å²) in [6, 6.07) is 6.49. The number of amides is 2. The first-order valence-electron chi connectivity index (χ1n) is 8.45. The molecule has 1 aliphatic heterocycles. The number of benzene rings is 1. The highest BCUT2D eigenvalue weighted by Gasteiger charge is 2.22. The van der Waals surface area contributed by atoms with Crippen LogP contribution in [0.4, 0.5) is 4.39 Å². The van der Waals surface area contributed by atoms with E-state index in [9.17, 15) is 14.0 Å². The highest BCUT2D eigenvalue weighted by atomic mass is 35.5. The highest BCUT2D eigenvalue weighted by molar-refractivity contribution is 7.10. The number of halogens is 2. The van der Waals surface area contributed by atoms with E-state index in [1.54, 1.807) is 29.4 Å². The third-order valence-corrected chi connectivity index (χ3v) is 5.97. The van der Waals surface area contributed by atoms with Crippen molar-refractivity contribution in [1.82, 2.24) is 9.80 Å². The van der Waals surface area contributed by atoms with Gasteiger partial charge in [0.1, 0.15) is 5.82 Å². The molecule has 0 atom stereocenters. The molecule has 0 saturated carbocycles. The molecule has 0 spiro atoms. The number of nitrogens with zero attached hydrogens (tertiary/aromatic N) is 2. The molecule has 7 heteroatoms. The molecule has 1 aromatic heterocycles. The fourth-order valence-corrected chi connectivity index (χ4v) is 4.15. The van der Waals surface area contributed by atoms with E-state index < -0.39 is 5.82 Å². The lowest BCUT2D eigenvalue weighted by Crippen LogP contribution is -2.36. The van der Waals surface area contributed by atoms with E-state index in [0.29, 0.717) is 18.1 Å². The van der Waals surface area contributed by atoms with Gasteiger partial charge < -0.3 is 9.80 Å². The lowest BCUT2D eigenvalue weighted by molar-refractivity contribution is -0.137. The van der Waals surface area contributed by atoms with Gasteiger partial charge in [-0.05, 0) is 35.6 Å². The van der Waals surface area contributed by atoms with E-state index in [-0.39, 0.29) is 36.8 Å². The third-order valence-electron chi connectivity index (χ3n) is 4.60. The second-order valence-corrected chi connectivity index (χ2v) is 7.79. The molecular weight excluding hydrogens is 375 g/mol. The van der Waals surface area contributed by atoms with Crippen molar-refractivity contribution >= 4 is 34.8 Å². The van der Waals surface area contributed by atoms with E-state index in [4.69, 9.17) is 11.6 Å². The van der Waals surface area contributed by atoms with Crippen LogP contribution in [0.5, 0.6) is 0 Å². The Balaban J connectivity index is 1.51. The van der Waals surface area contributed by atoms with Crippen LogP contribution in [0.25, 0.3) is 0 Å². The van der Waals surface area contributed by atoms with Gasteiger partial charge in [-0.25, -0.2) is 4.39 Å². The average Bonchev–Trinajstić information content (AvgIpc) is 3.10. The minimum atomic E-state index is -0.437. The molecule has 4 nitrogen and oxygen atoms in total. The first kappa shape index (κ1) is 18.9. The summed E-state index contributed by atoms with van der Waals surface area (Å²) < 4.78 is 13.8. The lowest BCUT2D eigenvalue weighted by Gasteiger charge is -2.27. The molecule has 2 aromatic rings. The van der Waals surface area contributed by atoms with Crippen molar-refractivity contribution in [3.05, 3.63) is 56.5 Å². The number of carbonyl (C=O) groups excluding carboxylic acids is 2. The molecule has 0 saturated heterocycles. The first-order chi connectivity index (χ1) is 12.5. The van der Waals surface area contributed by atoms with Crippen LogP contribution in [0, 0.1) is 5.82 Å². The first-order valence-corrected chi connectivity index (χ1v) is 9.71. The number of carbonyl (C=O) groups is 2. The summed E-state index contributed by atoms with van der Waals surface area (Å²) in [4.78, 5) is 29.3. The zero-order valence-electron chi connectivity index (χ0n) is 14.5. The Labute approximate surface area is 161 Å². The molecule has 2 amide bonds. The summed E-state index contributed by atoms with van der Waals surface area (Å²) >= 11 is 7.73. The van der Waals surface area contributed by atoms with Crippen molar-refractivity contribution in [2.75, 3.05) is 13.6 Å². The van der Waals surface area contributed by atoms with Crippen molar-refractivity contribution in [3.8, 4) is 0 Å². The van der Waals surface area contributed by atoms with Crippen LogP contribution in [-0.2, 0) is 29.1 Å². The van der Waals surface area contributed by atoms with Crippen LogP contribution in [0.15, 0.2) is 29.6 Å². The Bertz CT molecular complexity index is 803. The fourth-order valence-electron chi connectivity index (χ4n) is 3.03. The van der Waals surface area contributed by atoms with E-state index in [1.165, 1.54) is 27.5 Å². The molecule has 2 heterocycles. The highest BCUT2D eigenvalue weighted by Crippen LogP contribution is 2.25. The van der Waals surface area contributed by atoms with Gasteiger partial charge in [0, 0.05) is 55.0 Å². The zero-order valence-corrected chi connectivity index (χ0v) is 16.1. The number of fused-ring (bicyclic) bond motifs is 1. The number of thiophene rings is 1. The van der Waals surface area contributed by atoms with E-state index in [2.05, 4.69) is 6.07 Å². The Hall–Kier alpha value is -1.92. The van der Waals surface area contributed by atoms with Crippen molar-refractivity contribution in [2.24, 2.45) is 0 Å². The molecule has 26 heavy (non-hydrogen) atoms. The maximum absolute atomic E-state index is 13.8. The van der Waals surface area contributed by atoms with E-state index in [0.717, 1.165) is 6.42 Å². The van der Waals surface area contributed by atoms with Crippen LogP contribution in [0.1, 0.15) is 28.8 Å². The van der Waals surface area contributed by atoms with Crippen molar-refractivity contribution in [2.45, 2.75) is 32.4 Å². The minimum Gasteiger partial charge on any atom is -0.341 e. The number of hydrogen-bond acceptors (Lipinski definition) is 3. The normalized spacial score (nSPS) is 13.4. The monoisotopic (exact) mass is 394 g/mol. The predicted molar refractivity (Wildman–Crippen MR) is 101 cm³/mol. The van der Waals surface area contributed by atoms with Crippen molar-refractivity contribution in [1.29, 1.82) is 0 Å².